The van der Waals surface area contributed by atoms with E-state index in [4.69, 9.17) is 20.3 Å². The minimum atomic E-state index is -0.912. The largest absolute Gasteiger partial charge is 0.481 e. The van der Waals surface area contributed by atoms with Gasteiger partial charge in [0.15, 0.2) is 0 Å². The first-order chi connectivity index (χ1) is 5.91. The minimum absolute atomic E-state index is 0.280. The lowest BCUT2D eigenvalue weighted by Crippen LogP contribution is -2.11. The van der Waals surface area contributed by atoms with Crippen molar-refractivity contribution < 1.29 is 19.8 Å². The van der Waals surface area contributed by atoms with Crippen molar-refractivity contribution in [2.24, 2.45) is 0 Å². The lowest BCUT2D eigenvalue weighted by Gasteiger charge is -1.97. The molecule has 0 amide bonds. The molecule has 2 N–H and O–H groups in total. The van der Waals surface area contributed by atoms with Crippen molar-refractivity contribution in [3.8, 4) is 6.07 Å². The molecule has 1 atom stereocenters. The Hall–Kier alpha value is -1.09. The molecule has 1 unspecified atom stereocenters. The molecular weight excluding hydrogens is 242 g/mol. The molecule has 6 heteroatoms. The molecule has 0 radical (unpaired) electrons. The van der Waals surface area contributed by atoms with Crippen molar-refractivity contribution in [1.29, 1.82) is 5.26 Å². The highest BCUT2D eigenvalue weighted by atomic mass is 79.9. The van der Waals surface area contributed by atoms with Gasteiger partial charge in [0.1, 0.15) is 4.83 Å². The first-order valence-electron chi connectivity index (χ1n) is 3.35. The zero-order valence-electron chi connectivity index (χ0n) is 7.03. The molecule has 0 saturated heterocycles. The third-order valence-electron chi connectivity index (χ3n) is 0.778. The monoisotopic (exact) mass is 251 g/mol. The normalized spacial score (nSPS) is 10.2. The van der Waals surface area contributed by atoms with Gasteiger partial charge in [-0.2, -0.15) is 5.26 Å². The van der Waals surface area contributed by atoms with Crippen LogP contribution in [0.3, 0.4) is 0 Å². The van der Waals surface area contributed by atoms with Crippen LogP contribution in [0.4, 0.5) is 0 Å². The zero-order valence-corrected chi connectivity index (χ0v) is 8.61. The molecule has 0 aliphatic heterocycles. The maximum absolute atomic E-state index is 10.0. The van der Waals surface area contributed by atoms with Crippen LogP contribution in [-0.2, 0) is 9.59 Å². The van der Waals surface area contributed by atoms with Gasteiger partial charge in [0, 0.05) is 13.3 Å². The number of rotatable bonds is 3. The van der Waals surface area contributed by atoms with Crippen LogP contribution >= 0.6 is 15.9 Å². The Bertz CT molecular complexity index is 207. The Morgan fingerprint density at radius 2 is 1.92 bits per heavy atom. The average molecular weight is 252 g/mol. The molecule has 5 nitrogen and oxygen atoms in total. The summed E-state index contributed by atoms with van der Waals surface area (Å²) in [5.41, 5.74) is 0. The van der Waals surface area contributed by atoms with Gasteiger partial charge in [-0.25, -0.2) is 0 Å². The van der Waals surface area contributed by atoms with Crippen LogP contribution in [0.1, 0.15) is 19.8 Å². The zero-order chi connectivity index (χ0) is 10.9. The summed E-state index contributed by atoms with van der Waals surface area (Å²) in [5.74, 6) is -1.75. The van der Waals surface area contributed by atoms with Crippen molar-refractivity contribution in [3.05, 3.63) is 0 Å². The van der Waals surface area contributed by atoms with Gasteiger partial charge in [0.2, 0.25) is 0 Å². The standard InChI is InChI=1S/C5H6BrNO2.C2H4O2/c6-4(5(8)9)2-1-3-7;1-2(3)4/h4H,1-2H2,(H,8,9);1H3,(H,3,4). The van der Waals surface area contributed by atoms with Gasteiger partial charge in [-0.15, -0.1) is 0 Å². The van der Waals surface area contributed by atoms with Crippen molar-refractivity contribution in [2.75, 3.05) is 0 Å². The van der Waals surface area contributed by atoms with Gasteiger partial charge < -0.3 is 10.2 Å². The second kappa shape index (κ2) is 9.00. The van der Waals surface area contributed by atoms with Gasteiger partial charge >= 0.3 is 5.97 Å². The number of nitrogens with zero attached hydrogens (tertiary/aromatic N) is 1. The summed E-state index contributed by atoms with van der Waals surface area (Å²) in [6.45, 7) is 1.08. The number of hydrogen-bond acceptors (Lipinski definition) is 3. The molecule has 0 spiro atoms. The molecule has 0 aromatic rings. The predicted molar refractivity (Wildman–Crippen MR) is 48.5 cm³/mol. The van der Waals surface area contributed by atoms with Gasteiger partial charge in [-0.1, -0.05) is 15.9 Å². The number of alkyl halides is 1. The highest BCUT2D eigenvalue weighted by Gasteiger charge is 2.10. The molecule has 0 saturated carbocycles. The first-order valence-corrected chi connectivity index (χ1v) is 4.26. The van der Waals surface area contributed by atoms with E-state index in [-0.39, 0.29) is 6.42 Å². The van der Waals surface area contributed by atoms with Crippen molar-refractivity contribution in [3.63, 3.8) is 0 Å². The Labute approximate surface area is 84.1 Å². The van der Waals surface area contributed by atoms with Gasteiger partial charge in [0.05, 0.1) is 6.07 Å². The van der Waals surface area contributed by atoms with Crippen LogP contribution in [0.5, 0.6) is 0 Å². The molecule has 0 aliphatic carbocycles. The van der Waals surface area contributed by atoms with E-state index in [0.29, 0.717) is 6.42 Å². The fourth-order valence-corrected chi connectivity index (χ4v) is 0.544. The van der Waals surface area contributed by atoms with Crippen molar-refractivity contribution in [2.45, 2.75) is 24.6 Å². The van der Waals surface area contributed by atoms with Crippen LogP contribution < -0.4 is 0 Å². The van der Waals surface area contributed by atoms with E-state index in [1.54, 1.807) is 0 Å². The van der Waals surface area contributed by atoms with E-state index in [1.165, 1.54) is 0 Å². The molecular formula is C7H10BrNO4. The molecule has 0 rings (SSSR count). The van der Waals surface area contributed by atoms with Crippen LogP contribution in [0.2, 0.25) is 0 Å². The molecule has 0 fully saturated rings. The smallest absolute Gasteiger partial charge is 0.317 e. The lowest BCUT2D eigenvalue weighted by atomic mass is 10.2. The number of hydrogen-bond donors (Lipinski definition) is 2. The first kappa shape index (κ1) is 14.4. The fourth-order valence-electron chi connectivity index (χ4n) is 0.315. The summed E-state index contributed by atoms with van der Waals surface area (Å²) < 4.78 is 0. The molecule has 0 bridgehead atoms. The second-order valence-electron chi connectivity index (χ2n) is 2.02. The Kier molecular flexibility index (Phi) is 10.00. The lowest BCUT2D eigenvalue weighted by molar-refractivity contribution is -0.136. The van der Waals surface area contributed by atoms with Crippen LogP contribution in [-0.4, -0.2) is 27.0 Å². The van der Waals surface area contributed by atoms with Crippen molar-refractivity contribution in [1.82, 2.24) is 0 Å². The third kappa shape index (κ3) is 18.1. The summed E-state index contributed by atoms with van der Waals surface area (Å²) in [5, 5.41) is 23.7. The van der Waals surface area contributed by atoms with E-state index in [1.807, 2.05) is 6.07 Å². The van der Waals surface area contributed by atoms with Crippen LogP contribution in [0, 0.1) is 11.3 Å². The Morgan fingerprint density at radius 1 is 1.54 bits per heavy atom. The molecule has 74 valence electrons. The summed E-state index contributed by atoms with van der Waals surface area (Å²) in [4.78, 5) is 18.5. The second-order valence-corrected chi connectivity index (χ2v) is 3.13. The van der Waals surface area contributed by atoms with Gasteiger partial charge in [0.25, 0.3) is 5.97 Å². The maximum Gasteiger partial charge on any atom is 0.317 e. The fraction of sp³-hybridized carbons (Fsp3) is 0.571. The minimum Gasteiger partial charge on any atom is -0.481 e. The van der Waals surface area contributed by atoms with Crippen LogP contribution in [0.15, 0.2) is 0 Å². The van der Waals surface area contributed by atoms with Crippen molar-refractivity contribution >= 4 is 27.9 Å². The predicted octanol–water partition coefficient (Wildman–Crippen LogP) is 1.23. The number of carboxylic acid groups (broad SMARTS) is 2. The van der Waals surface area contributed by atoms with E-state index in [9.17, 15) is 4.79 Å². The molecule has 0 aromatic heterocycles. The number of carbonyl (C=O) groups is 2. The Balaban J connectivity index is 0. The maximum atomic E-state index is 10.0. The molecule has 13 heavy (non-hydrogen) atoms. The average Bonchev–Trinajstić information content (AvgIpc) is 1.98. The number of aliphatic carboxylic acids is 2. The third-order valence-corrected chi connectivity index (χ3v) is 1.63. The van der Waals surface area contributed by atoms with E-state index < -0.39 is 16.8 Å². The topological polar surface area (TPSA) is 98.4 Å². The van der Waals surface area contributed by atoms with E-state index in [2.05, 4.69) is 15.9 Å². The summed E-state index contributed by atoms with van der Waals surface area (Å²) in [7, 11) is 0. The quantitative estimate of drug-likeness (QED) is 0.736. The molecule has 0 heterocycles. The summed E-state index contributed by atoms with van der Waals surface area (Å²) in [6.07, 6.45) is 0.647. The van der Waals surface area contributed by atoms with Gasteiger partial charge in [-0.05, 0) is 6.42 Å². The van der Waals surface area contributed by atoms with Gasteiger partial charge in [-0.3, -0.25) is 9.59 Å². The molecule has 0 aromatic carbocycles. The highest BCUT2D eigenvalue weighted by molar-refractivity contribution is 9.10. The highest BCUT2D eigenvalue weighted by Crippen LogP contribution is 2.06. The van der Waals surface area contributed by atoms with E-state index in [0.717, 1.165) is 6.92 Å². The van der Waals surface area contributed by atoms with Crippen LogP contribution in [0.25, 0.3) is 0 Å². The number of halogens is 1. The van der Waals surface area contributed by atoms with E-state index >= 15 is 0 Å². The SMILES string of the molecule is CC(=O)O.N#CCCC(Br)C(=O)O. The molecule has 0 aliphatic rings. The summed E-state index contributed by atoms with van der Waals surface area (Å²) in [6, 6.07) is 1.86. The Morgan fingerprint density at radius 3 is 2.15 bits per heavy atom. The number of nitriles is 1. The summed E-state index contributed by atoms with van der Waals surface area (Å²) >= 11 is 2.89. The number of carboxylic acids is 2.